The second-order valence-corrected chi connectivity index (χ2v) is 7.64. The first kappa shape index (κ1) is 22.6. The van der Waals surface area contributed by atoms with Crippen LogP contribution in [0.5, 0.6) is 0 Å². The predicted octanol–water partition coefficient (Wildman–Crippen LogP) is 2.12. The van der Waals surface area contributed by atoms with Crippen LogP contribution in [-0.4, -0.2) is 51.0 Å². The van der Waals surface area contributed by atoms with Crippen LogP contribution in [0.2, 0.25) is 0 Å². The zero-order chi connectivity index (χ0) is 21.7. The molecule has 0 atom stereocenters. The third kappa shape index (κ3) is 5.65. The van der Waals surface area contributed by atoms with Crippen LogP contribution >= 0.6 is 0 Å². The largest absolute Gasteiger partial charge is 0.419 e. The Kier molecular flexibility index (Phi) is 7.16. The molecule has 12 heteroatoms. The van der Waals surface area contributed by atoms with E-state index >= 15 is 0 Å². The summed E-state index contributed by atoms with van der Waals surface area (Å²) in [5, 5.41) is 5.05. The molecule has 1 heterocycles. The van der Waals surface area contributed by atoms with E-state index in [0.29, 0.717) is 4.47 Å². The number of benzene rings is 1. The number of amides is 1. The highest BCUT2D eigenvalue weighted by Crippen LogP contribution is 2.33. The van der Waals surface area contributed by atoms with Crippen molar-refractivity contribution >= 4 is 21.7 Å². The average molecular weight is 432 g/mol. The topological polar surface area (TPSA) is 101 Å². The number of pyridine rings is 1. The molecule has 0 aliphatic heterocycles. The van der Waals surface area contributed by atoms with Gasteiger partial charge in [-0.25, -0.2) is 13.4 Å². The van der Waals surface area contributed by atoms with Gasteiger partial charge in [0, 0.05) is 31.9 Å². The Hall–Kier alpha value is -2.70. The number of aromatic nitrogens is 1. The summed E-state index contributed by atoms with van der Waals surface area (Å²) < 4.78 is 63.5. The van der Waals surface area contributed by atoms with E-state index in [2.05, 4.69) is 20.5 Å². The molecule has 1 aromatic carbocycles. The van der Waals surface area contributed by atoms with Crippen molar-refractivity contribution in [3.05, 3.63) is 53.7 Å². The number of hydroxylamine groups is 1. The smallest absolute Gasteiger partial charge is 0.368 e. The average Bonchev–Trinajstić information content (AvgIpc) is 2.70. The highest BCUT2D eigenvalue weighted by atomic mass is 32.2. The van der Waals surface area contributed by atoms with Crippen LogP contribution < -0.4 is 10.6 Å². The Morgan fingerprint density at radius 2 is 1.83 bits per heavy atom. The number of carbonyl (C=O) groups excluding carboxylic acids is 1. The van der Waals surface area contributed by atoms with Crippen molar-refractivity contribution in [3.63, 3.8) is 0 Å². The predicted molar refractivity (Wildman–Crippen MR) is 98.5 cm³/mol. The molecule has 2 rings (SSSR count). The number of nitrogens with one attached hydrogen (secondary N) is 2. The number of sulfonamides is 1. The Morgan fingerprint density at radius 3 is 2.41 bits per heavy atom. The van der Waals surface area contributed by atoms with Gasteiger partial charge in [-0.1, -0.05) is 4.47 Å². The van der Waals surface area contributed by atoms with Crippen LogP contribution in [0.15, 0.2) is 47.5 Å². The zero-order valence-electron chi connectivity index (χ0n) is 15.5. The quantitative estimate of drug-likeness (QED) is 0.490. The highest BCUT2D eigenvalue weighted by molar-refractivity contribution is 7.89. The molecule has 158 valence electrons. The molecule has 0 unspecified atom stereocenters. The second kappa shape index (κ2) is 9.20. The Labute approximate surface area is 165 Å². The van der Waals surface area contributed by atoms with Crippen molar-refractivity contribution in [2.75, 3.05) is 32.6 Å². The van der Waals surface area contributed by atoms with Gasteiger partial charge in [-0.05, 0) is 36.4 Å². The normalized spacial score (nSPS) is 12.1. The van der Waals surface area contributed by atoms with Gasteiger partial charge < -0.3 is 10.6 Å². The van der Waals surface area contributed by atoms with E-state index in [9.17, 15) is 26.4 Å². The van der Waals surface area contributed by atoms with E-state index in [1.165, 1.54) is 50.7 Å². The SMILES string of the molecule is CON(C)S(=O)(=O)c1ccc(C(=O)NCCNc2ncccc2C(F)(F)F)cc1. The lowest BCUT2D eigenvalue weighted by Gasteiger charge is -2.14. The van der Waals surface area contributed by atoms with E-state index in [4.69, 9.17) is 0 Å². The van der Waals surface area contributed by atoms with E-state index < -0.39 is 27.7 Å². The molecule has 1 amide bonds. The van der Waals surface area contributed by atoms with Gasteiger partial charge in [-0.2, -0.15) is 13.2 Å². The molecule has 29 heavy (non-hydrogen) atoms. The lowest BCUT2D eigenvalue weighted by Crippen LogP contribution is -2.29. The van der Waals surface area contributed by atoms with Crippen molar-refractivity contribution in [1.29, 1.82) is 0 Å². The van der Waals surface area contributed by atoms with Crippen LogP contribution in [0.1, 0.15) is 15.9 Å². The van der Waals surface area contributed by atoms with Gasteiger partial charge in [0.1, 0.15) is 5.82 Å². The molecule has 0 fully saturated rings. The van der Waals surface area contributed by atoms with Crippen molar-refractivity contribution in [1.82, 2.24) is 14.8 Å². The van der Waals surface area contributed by atoms with Crippen LogP contribution in [0.25, 0.3) is 0 Å². The van der Waals surface area contributed by atoms with E-state index in [-0.39, 0.29) is 29.4 Å². The summed E-state index contributed by atoms with van der Waals surface area (Å²) in [7, 11) is -1.39. The molecule has 2 aromatic rings. The fraction of sp³-hybridized carbons (Fsp3) is 0.294. The Morgan fingerprint density at radius 1 is 1.17 bits per heavy atom. The number of carbonyl (C=O) groups is 1. The molecule has 0 aliphatic rings. The molecule has 0 spiro atoms. The first-order chi connectivity index (χ1) is 13.6. The molecule has 1 aromatic heterocycles. The highest BCUT2D eigenvalue weighted by Gasteiger charge is 2.33. The summed E-state index contributed by atoms with van der Waals surface area (Å²) in [5.41, 5.74) is -0.706. The lowest BCUT2D eigenvalue weighted by molar-refractivity contribution is -0.137. The number of hydrogen-bond acceptors (Lipinski definition) is 6. The third-order valence-corrected chi connectivity index (χ3v) is 5.52. The van der Waals surface area contributed by atoms with Crippen LogP contribution in [0.3, 0.4) is 0 Å². The molecule has 2 N–H and O–H groups in total. The molecule has 0 saturated carbocycles. The minimum absolute atomic E-state index is 0.0108. The minimum atomic E-state index is -4.54. The first-order valence-corrected chi connectivity index (χ1v) is 9.68. The van der Waals surface area contributed by atoms with E-state index in [1.54, 1.807) is 0 Å². The fourth-order valence-electron chi connectivity index (χ4n) is 2.26. The van der Waals surface area contributed by atoms with Gasteiger partial charge in [-0.15, -0.1) is 0 Å². The number of halogens is 3. The van der Waals surface area contributed by atoms with Crippen LogP contribution in [0, 0.1) is 0 Å². The fourth-order valence-corrected chi connectivity index (χ4v) is 3.23. The van der Waals surface area contributed by atoms with Crippen LogP contribution in [-0.2, 0) is 21.0 Å². The van der Waals surface area contributed by atoms with Gasteiger partial charge in [0.05, 0.1) is 17.6 Å². The summed E-state index contributed by atoms with van der Waals surface area (Å²) in [5.74, 6) is -0.834. The van der Waals surface area contributed by atoms with Gasteiger partial charge >= 0.3 is 6.18 Å². The second-order valence-electron chi connectivity index (χ2n) is 5.70. The van der Waals surface area contributed by atoms with E-state index in [0.717, 1.165) is 6.07 Å². The van der Waals surface area contributed by atoms with Crippen molar-refractivity contribution in [3.8, 4) is 0 Å². The molecule has 0 bridgehead atoms. The molecule has 0 aliphatic carbocycles. The van der Waals surface area contributed by atoms with Crippen molar-refractivity contribution in [2.24, 2.45) is 0 Å². The maximum atomic E-state index is 12.9. The maximum Gasteiger partial charge on any atom is 0.419 e. The van der Waals surface area contributed by atoms with Gasteiger partial charge in [0.2, 0.25) is 0 Å². The number of nitrogens with zero attached hydrogens (tertiary/aromatic N) is 2. The Balaban J connectivity index is 1.93. The zero-order valence-corrected chi connectivity index (χ0v) is 16.3. The summed E-state index contributed by atoms with van der Waals surface area (Å²) >= 11 is 0. The monoisotopic (exact) mass is 432 g/mol. The van der Waals surface area contributed by atoms with Crippen molar-refractivity contribution in [2.45, 2.75) is 11.1 Å². The number of hydrogen-bond donors (Lipinski definition) is 2. The Bertz CT molecular complexity index is 950. The summed E-state index contributed by atoms with van der Waals surface area (Å²) in [4.78, 5) is 20.4. The summed E-state index contributed by atoms with van der Waals surface area (Å²) in [6.07, 6.45) is -3.31. The summed E-state index contributed by atoms with van der Waals surface area (Å²) in [6, 6.07) is 7.23. The third-order valence-electron chi connectivity index (χ3n) is 3.83. The molecular weight excluding hydrogens is 413 g/mol. The summed E-state index contributed by atoms with van der Waals surface area (Å²) in [6.45, 7) is 0.0378. The number of anilines is 1. The maximum absolute atomic E-state index is 12.9. The van der Waals surface area contributed by atoms with Crippen LogP contribution in [0.4, 0.5) is 19.0 Å². The molecular formula is C17H19F3N4O4S. The van der Waals surface area contributed by atoms with Crippen molar-refractivity contribution < 1.29 is 31.2 Å². The first-order valence-electron chi connectivity index (χ1n) is 8.24. The molecule has 0 saturated heterocycles. The standard InChI is InChI=1S/C17H19F3N4O4S/c1-24(28-2)29(26,27)13-7-5-12(6-8-13)16(25)23-11-10-22-15-14(17(18,19)20)4-3-9-21-15/h3-9H,10-11H2,1-2H3,(H,21,22)(H,23,25). The van der Waals surface area contributed by atoms with Gasteiger partial charge in [0.25, 0.3) is 15.9 Å². The number of alkyl halides is 3. The van der Waals surface area contributed by atoms with Gasteiger partial charge in [-0.3, -0.25) is 9.63 Å². The van der Waals surface area contributed by atoms with Gasteiger partial charge in [0.15, 0.2) is 0 Å². The molecule has 0 radical (unpaired) electrons. The van der Waals surface area contributed by atoms with E-state index in [1.807, 2.05) is 0 Å². The minimum Gasteiger partial charge on any atom is -0.368 e. The number of rotatable bonds is 8. The molecule has 8 nitrogen and oxygen atoms in total. The lowest BCUT2D eigenvalue weighted by atomic mass is 10.2.